The van der Waals surface area contributed by atoms with Crippen LogP contribution in [-0.2, 0) is 19.1 Å². The predicted octanol–water partition coefficient (Wildman–Crippen LogP) is 3.09. The molecule has 3 rings (SSSR count). The van der Waals surface area contributed by atoms with Gasteiger partial charge in [0, 0.05) is 10.6 Å². The van der Waals surface area contributed by atoms with Gasteiger partial charge < -0.3 is 20.1 Å². The molecular formula is C21H20N2O6S. The van der Waals surface area contributed by atoms with E-state index in [9.17, 15) is 19.2 Å². The van der Waals surface area contributed by atoms with E-state index in [4.69, 9.17) is 9.47 Å². The highest BCUT2D eigenvalue weighted by Gasteiger charge is 2.24. The van der Waals surface area contributed by atoms with Gasteiger partial charge >= 0.3 is 11.9 Å². The highest BCUT2D eigenvalue weighted by molar-refractivity contribution is 8.00. The van der Waals surface area contributed by atoms with Crippen molar-refractivity contribution < 1.29 is 28.7 Å². The van der Waals surface area contributed by atoms with Gasteiger partial charge in [-0.3, -0.25) is 9.59 Å². The van der Waals surface area contributed by atoms with Gasteiger partial charge in [0.1, 0.15) is 0 Å². The first kappa shape index (κ1) is 21.4. The summed E-state index contributed by atoms with van der Waals surface area (Å²) in [5, 5.41) is 5.12. The van der Waals surface area contributed by atoms with Gasteiger partial charge in [-0.2, -0.15) is 0 Å². The van der Waals surface area contributed by atoms with Crippen LogP contribution in [0.15, 0.2) is 47.4 Å². The van der Waals surface area contributed by atoms with E-state index in [1.54, 1.807) is 38.1 Å². The second kappa shape index (κ2) is 9.45. The second-order valence-electron chi connectivity index (χ2n) is 6.38. The summed E-state index contributed by atoms with van der Waals surface area (Å²) in [4.78, 5) is 48.6. The molecule has 1 aliphatic heterocycles. The van der Waals surface area contributed by atoms with Crippen molar-refractivity contribution in [3.8, 4) is 0 Å². The number of anilines is 2. The van der Waals surface area contributed by atoms with Crippen LogP contribution in [-0.4, -0.2) is 42.2 Å². The monoisotopic (exact) mass is 428 g/mol. The van der Waals surface area contributed by atoms with Gasteiger partial charge in [0.05, 0.1) is 28.7 Å². The predicted molar refractivity (Wildman–Crippen MR) is 112 cm³/mol. The minimum absolute atomic E-state index is 0.133. The van der Waals surface area contributed by atoms with Crippen molar-refractivity contribution >= 4 is 46.9 Å². The molecule has 0 aromatic heterocycles. The normalized spacial score (nSPS) is 14.9. The number of thioether (sulfide) groups is 1. The van der Waals surface area contributed by atoms with E-state index >= 15 is 0 Å². The van der Waals surface area contributed by atoms with Crippen molar-refractivity contribution in [1.29, 1.82) is 0 Å². The number of fused-ring (bicyclic) bond motifs is 1. The molecule has 156 valence electrons. The zero-order valence-electron chi connectivity index (χ0n) is 16.4. The maximum Gasteiger partial charge on any atom is 0.338 e. The maximum atomic E-state index is 12.2. The summed E-state index contributed by atoms with van der Waals surface area (Å²) in [6, 6.07) is 11.0. The molecular weight excluding hydrogens is 408 g/mol. The van der Waals surface area contributed by atoms with Gasteiger partial charge in [-0.05, 0) is 56.3 Å². The third kappa shape index (κ3) is 5.18. The summed E-state index contributed by atoms with van der Waals surface area (Å²) in [7, 11) is 0. The van der Waals surface area contributed by atoms with E-state index in [1.165, 1.54) is 30.0 Å². The average molecular weight is 428 g/mol. The molecule has 0 fully saturated rings. The first-order chi connectivity index (χ1) is 14.4. The van der Waals surface area contributed by atoms with Crippen LogP contribution < -0.4 is 10.6 Å². The van der Waals surface area contributed by atoms with Gasteiger partial charge in [0.2, 0.25) is 5.91 Å². The van der Waals surface area contributed by atoms with Crippen LogP contribution in [0.4, 0.5) is 11.4 Å². The van der Waals surface area contributed by atoms with E-state index in [0.717, 1.165) is 4.90 Å². The number of ether oxygens (including phenoxy) is 2. The van der Waals surface area contributed by atoms with E-state index in [1.807, 2.05) is 0 Å². The van der Waals surface area contributed by atoms with Gasteiger partial charge in [0.15, 0.2) is 6.61 Å². The Bertz CT molecular complexity index is 989. The summed E-state index contributed by atoms with van der Waals surface area (Å²) in [5.41, 5.74) is 1.60. The molecule has 0 aliphatic carbocycles. The summed E-state index contributed by atoms with van der Waals surface area (Å²) >= 11 is 1.41. The van der Waals surface area contributed by atoms with E-state index in [2.05, 4.69) is 10.6 Å². The molecule has 0 bridgehead atoms. The lowest BCUT2D eigenvalue weighted by Crippen LogP contribution is -2.26. The fourth-order valence-corrected chi connectivity index (χ4v) is 3.58. The molecule has 0 saturated heterocycles. The molecule has 1 aliphatic rings. The maximum absolute atomic E-state index is 12.2. The number of hydrogen-bond acceptors (Lipinski definition) is 7. The van der Waals surface area contributed by atoms with E-state index < -0.39 is 24.5 Å². The Kier molecular flexibility index (Phi) is 6.73. The van der Waals surface area contributed by atoms with E-state index in [0.29, 0.717) is 16.9 Å². The lowest BCUT2D eigenvalue weighted by Gasteiger charge is -2.21. The van der Waals surface area contributed by atoms with Crippen LogP contribution in [0, 0.1) is 0 Å². The lowest BCUT2D eigenvalue weighted by atomic mass is 10.2. The molecule has 30 heavy (non-hydrogen) atoms. The van der Waals surface area contributed by atoms with Crippen molar-refractivity contribution in [2.75, 3.05) is 23.8 Å². The molecule has 2 N–H and O–H groups in total. The number of amides is 2. The number of esters is 2. The highest BCUT2D eigenvalue weighted by atomic mass is 32.2. The number of carbonyl (C=O) groups is 4. The van der Waals surface area contributed by atoms with Crippen molar-refractivity contribution in [3.63, 3.8) is 0 Å². The lowest BCUT2D eigenvalue weighted by molar-refractivity contribution is -0.119. The topological polar surface area (TPSA) is 111 Å². The standard InChI is InChI=1S/C21H20N2O6S/c1-3-28-20(26)13-4-7-15(8-5-13)22-18(24)11-29-21(27)14-6-9-17-16(10-14)23-19(25)12(2)30-17/h4-10,12H,3,11H2,1-2H3,(H,22,24)(H,23,25). The summed E-state index contributed by atoms with van der Waals surface area (Å²) in [6.07, 6.45) is 0. The van der Waals surface area contributed by atoms with Crippen molar-refractivity contribution in [2.45, 2.75) is 24.0 Å². The number of hydrogen-bond donors (Lipinski definition) is 2. The number of carbonyl (C=O) groups excluding carboxylic acids is 4. The Morgan fingerprint density at radius 1 is 1.03 bits per heavy atom. The van der Waals surface area contributed by atoms with Crippen LogP contribution in [0.3, 0.4) is 0 Å². The Morgan fingerprint density at radius 2 is 1.70 bits per heavy atom. The van der Waals surface area contributed by atoms with Crippen molar-refractivity contribution in [3.05, 3.63) is 53.6 Å². The molecule has 8 nitrogen and oxygen atoms in total. The Labute approximate surface area is 177 Å². The Morgan fingerprint density at radius 3 is 2.40 bits per heavy atom. The van der Waals surface area contributed by atoms with Crippen LogP contribution in [0.1, 0.15) is 34.6 Å². The molecule has 0 saturated carbocycles. The zero-order chi connectivity index (χ0) is 21.7. The first-order valence-corrected chi connectivity index (χ1v) is 10.1. The molecule has 9 heteroatoms. The third-order valence-electron chi connectivity index (χ3n) is 4.16. The van der Waals surface area contributed by atoms with Gasteiger partial charge in [-0.1, -0.05) is 0 Å². The molecule has 0 spiro atoms. The van der Waals surface area contributed by atoms with Crippen molar-refractivity contribution in [2.24, 2.45) is 0 Å². The summed E-state index contributed by atoms with van der Waals surface area (Å²) < 4.78 is 9.94. The SMILES string of the molecule is CCOC(=O)c1ccc(NC(=O)COC(=O)c2ccc3c(c2)NC(=O)C(C)S3)cc1. The quantitative estimate of drug-likeness (QED) is 0.680. The number of nitrogens with one attached hydrogen (secondary N) is 2. The smallest absolute Gasteiger partial charge is 0.338 e. The summed E-state index contributed by atoms with van der Waals surface area (Å²) in [6.45, 7) is 3.31. The van der Waals surface area contributed by atoms with Gasteiger partial charge in [-0.25, -0.2) is 9.59 Å². The number of benzene rings is 2. The van der Waals surface area contributed by atoms with Crippen LogP contribution in [0.5, 0.6) is 0 Å². The van der Waals surface area contributed by atoms with Crippen LogP contribution >= 0.6 is 11.8 Å². The van der Waals surface area contributed by atoms with Crippen LogP contribution in [0.25, 0.3) is 0 Å². The van der Waals surface area contributed by atoms with Crippen molar-refractivity contribution in [1.82, 2.24) is 0 Å². The largest absolute Gasteiger partial charge is 0.462 e. The summed E-state index contributed by atoms with van der Waals surface area (Å²) in [5.74, 6) is -1.78. The first-order valence-electron chi connectivity index (χ1n) is 9.23. The molecule has 1 unspecified atom stereocenters. The Hall–Kier alpha value is -3.33. The Balaban J connectivity index is 1.53. The number of rotatable bonds is 6. The minimum atomic E-state index is -0.677. The molecule has 0 radical (unpaired) electrons. The minimum Gasteiger partial charge on any atom is -0.462 e. The van der Waals surface area contributed by atoms with Gasteiger partial charge in [-0.15, -0.1) is 11.8 Å². The third-order valence-corrected chi connectivity index (χ3v) is 5.34. The molecule has 2 aromatic rings. The van der Waals surface area contributed by atoms with Crippen LogP contribution in [0.2, 0.25) is 0 Å². The molecule has 1 atom stereocenters. The zero-order valence-corrected chi connectivity index (χ0v) is 17.2. The average Bonchev–Trinajstić information content (AvgIpc) is 2.73. The molecule has 1 heterocycles. The highest BCUT2D eigenvalue weighted by Crippen LogP contribution is 2.36. The van der Waals surface area contributed by atoms with Gasteiger partial charge in [0.25, 0.3) is 5.91 Å². The fraction of sp³-hybridized carbons (Fsp3) is 0.238. The molecule has 2 aromatic carbocycles. The van der Waals surface area contributed by atoms with E-state index in [-0.39, 0.29) is 23.3 Å². The second-order valence-corrected chi connectivity index (χ2v) is 7.77. The fourth-order valence-electron chi connectivity index (χ4n) is 2.65. The molecule has 2 amide bonds.